The Labute approximate surface area is 139 Å². The standard InChI is InChI=1S/C20H15NO3/c1-21-18(23)16-15-11-6-2-4-8-13(11)20(10-22,17(16)19(21)24)14-9-5-3-7-12(14)15/h2-10,15-17H,1H3/t15?,16-,17+,20?/m1/s1. The van der Waals surface area contributed by atoms with E-state index in [4.69, 9.17) is 0 Å². The first-order valence-corrected chi connectivity index (χ1v) is 8.09. The second-order valence-electron chi connectivity index (χ2n) is 6.88. The quantitative estimate of drug-likeness (QED) is 0.596. The van der Waals surface area contributed by atoms with Gasteiger partial charge in [0, 0.05) is 13.0 Å². The van der Waals surface area contributed by atoms with Crippen molar-refractivity contribution in [1.82, 2.24) is 4.90 Å². The molecule has 0 N–H and O–H groups in total. The molecule has 0 saturated carbocycles. The Balaban J connectivity index is 1.96. The highest BCUT2D eigenvalue weighted by atomic mass is 16.2. The maximum atomic E-state index is 12.9. The minimum absolute atomic E-state index is 0.161. The van der Waals surface area contributed by atoms with Crippen LogP contribution in [0.2, 0.25) is 0 Å². The normalized spacial score (nSPS) is 32.4. The number of hydrogen-bond acceptors (Lipinski definition) is 3. The average molecular weight is 317 g/mol. The molecule has 0 aromatic heterocycles. The van der Waals surface area contributed by atoms with Gasteiger partial charge in [0.15, 0.2) is 0 Å². The van der Waals surface area contributed by atoms with Crippen LogP contribution < -0.4 is 0 Å². The lowest BCUT2D eigenvalue weighted by molar-refractivity contribution is -0.139. The van der Waals surface area contributed by atoms with Gasteiger partial charge >= 0.3 is 0 Å². The number of carbonyl (C=O) groups is 3. The minimum Gasteiger partial charge on any atom is -0.302 e. The molecule has 1 aliphatic heterocycles. The third-order valence-corrected chi connectivity index (χ3v) is 6.09. The number of benzene rings is 2. The van der Waals surface area contributed by atoms with E-state index in [1.807, 2.05) is 48.5 Å². The van der Waals surface area contributed by atoms with Crippen molar-refractivity contribution >= 4 is 18.1 Å². The van der Waals surface area contributed by atoms with Crippen LogP contribution in [0.4, 0.5) is 0 Å². The Morgan fingerprint density at radius 3 is 2.00 bits per heavy atom. The molecule has 1 saturated heterocycles. The van der Waals surface area contributed by atoms with Crippen LogP contribution in [0.5, 0.6) is 0 Å². The predicted octanol–water partition coefficient (Wildman–Crippen LogP) is 1.86. The fraction of sp³-hybridized carbons (Fsp3) is 0.250. The van der Waals surface area contributed by atoms with E-state index in [2.05, 4.69) is 0 Å². The molecule has 2 atom stereocenters. The molecule has 0 spiro atoms. The summed E-state index contributed by atoms with van der Waals surface area (Å²) in [5.74, 6) is -1.71. The maximum Gasteiger partial charge on any atom is 0.234 e. The van der Waals surface area contributed by atoms with E-state index in [1.165, 1.54) is 11.9 Å². The zero-order valence-corrected chi connectivity index (χ0v) is 13.1. The van der Waals surface area contributed by atoms with Gasteiger partial charge in [-0.25, -0.2) is 0 Å². The zero-order chi connectivity index (χ0) is 16.6. The van der Waals surface area contributed by atoms with Gasteiger partial charge in [-0.2, -0.15) is 0 Å². The van der Waals surface area contributed by atoms with Crippen LogP contribution in [0.1, 0.15) is 28.2 Å². The molecule has 2 bridgehead atoms. The molecule has 2 aromatic rings. The van der Waals surface area contributed by atoms with Gasteiger partial charge in [-0.1, -0.05) is 48.5 Å². The number of aldehydes is 1. The number of rotatable bonds is 1. The van der Waals surface area contributed by atoms with Crippen molar-refractivity contribution in [1.29, 1.82) is 0 Å². The third kappa shape index (κ3) is 1.23. The lowest BCUT2D eigenvalue weighted by atomic mass is 9.48. The van der Waals surface area contributed by atoms with E-state index in [9.17, 15) is 14.4 Å². The highest BCUT2D eigenvalue weighted by molar-refractivity contribution is 6.10. The smallest absolute Gasteiger partial charge is 0.234 e. The number of carbonyl (C=O) groups excluding carboxylic acids is 3. The Kier molecular flexibility index (Phi) is 2.39. The molecule has 2 amide bonds. The maximum absolute atomic E-state index is 12.9. The fourth-order valence-electron chi connectivity index (χ4n) is 5.17. The first kappa shape index (κ1) is 13.7. The van der Waals surface area contributed by atoms with Crippen LogP contribution in [0.3, 0.4) is 0 Å². The van der Waals surface area contributed by atoms with Gasteiger partial charge in [-0.05, 0) is 22.3 Å². The highest BCUT2D eigenvalue weighted by Crippen LogP contribution is 2.62. The molecule has 118 valence electrons. The number of nitrogens with zero attached hydrogens (tertiary/aromatic N) is 1. The molecule has 6 rings (SSSR count). The Hall–Kier alpha value is -2.75. The SMILES string of the molecule is CN1C(=O)[C@@H]2C3c4ccccc4C(C=O)(c4ccccc43)[C@@H]2C1=O. The van der Waals surface area contributed by atoms with Crippen LogP contribution in [0.25, 0.3) is 0 Å². The zero-order valence-electron chi connectivity index (χ0n) is 13.1. The van der Waals surface area contributed by atoms with Crippen molar-refractivity contribution in [2.75, 3.05) is 7.05 Å². The molecule has 24 heavy (non-hydrogen) atoms. The molecular weight excluding hydrogens is 302 g/mol. The van der Waals surface area contributed by atoms with E-state index >= 15 is 0 Å². The molecule has 4 heteroatoms. The van der Waals surface area contributed by atoms with Crippen LogP contribution in [0.15, 0.2) is 48.5 Å². The summed E-state index contributed by atoms with van der Waals surface area (Å²) < 4.78 is 0. The lowest BCUT2D eigenvalue weighted by Crippen LogP contribution is -2.54. The summed E-state index contributed by atoms with van der Waals surface area (Å²) in [5.41, 5.74) is 2.69. The highest BCUT2D eigenvalue weighted by Gasteiger charge is 2.67. The second-order valence-corrected chi connectivity index (χ2v) is 6.88. The average Bonchev–Trinajstić information content (AvgIpc) is 2.87. The molecule has 3 aliphatic carbocycles. The van der Waals surface area contributed by atoms with Crippen molar-refractivity contribution in [2.45, 2.75) is 11.3 Å². The number of hydrogen-bond donors (Lipinski definition) is 0. The summed E-state index contributed by atoms with van der Waals surface area (Å²) in [6, 6.07) is 15.5. The Bertz CT molecular complexity index is 884. The van der Waals surface area contributed by atoms with Gasteiger partial charge in [0.05, 0.1) is 17.3 Å². The Morgan fingerprint density at radius 2 is 1.46 bits per heavy atom. The molecule has 4 nitrogen and oxygen atoms in total. The van der Waals surface area contributed by atoms with Gasteiger partial charge in [0.1, 0.15) is 6.29 Å². The largest absolute Gasteiger partial charge is 0.302 e. The van der Waals surface area contributed by atoms with Crippen LogP contribution in [-0.2, 0) is 19.8 Å². The summed E-state index contributed by atoms with van der Waals surface area (Å²) in [4.78, 5) is 39.4. The van der Waals surface area contributed by atoms with E-state index in [1.54, 1.807) is 0 Å². The van der Waals surface area contributed by atoms with Gasteiger partial charge in [0.25, 0.3) is 0 Å². The van der Waals surface area contributed by atoms with E-state index in [0.717, 1.165) is 28.5 Å². The van der Waals surface area contributed by atoms with Gasteiger partial charge < -0.3 is 4.79 Å². The summed E-state index contributed by atoms with van der Waals surface area (Å²) in [6.45, 7) is 0. The predicted molar refractivity (Wildman–Crippen MR) is 86.3 cm³/mol. The number of imide groups is 1. The van der Waals surface area contributed by atoms with Gasteiger partial charge in [0.2, 0.25) is 11.8 Å². The molecule has 1 heterocycles. The Morgan fingerprint density at radius 1 is 0.917 bits per heavy atom. The molecule has 2 aromatic carbocycles. The third-order valence-electron chi connectivity index (χ3n) is 6.09. The molecule has 4 aliphatic rings. The van der Waals surface area contributed by atoms with Gasteiger partial charge in [-0.3, -0.25) is 14.5 Å². The minimum atomic E-state index is -1.07. The first-order chi connectivity index (χ1) is 11.6. The lowest BCUT2D eigenvalue weighted by Gasteiger charge is -2.51. The van der Waals surface area contributed by atoms with E-state index in [-0.39, 0.29) is 17.7 Å². The molecule has 1 fully saturated rings. The van der Waals surface area contributed by atoms with Gasteiger partial charge in [-0.15, -0.1) is 0 Å². The second kappa shape index (κ2) is 4.20. The number of amides is 2. The fourth-order valence-corrected chi connectivity index (χ4v) is 5.17. The van der Waals surface area contributed by atoms with Crippen molar-refractivity contribution in [3.8, 4) is 0 Å². The first-order valence-electron chi connectivity index (χ1n) is 8.09. The molecular formula is C20H15NO3. The number of likely N-dealkylation sites (tertiary alicyclic amines) is 1. The molecule has 0 unspecified atom stereocenters. The van der Waals surface area contributed by atoms with Crippen LogP contribution in [-0.4, -0.2) is 30.0 Å². The van der Waals surface area contributed by atoms with Crippen molar-refractivity contribution in [2.24, 2.45) is 11.8 Å². The van der Waals surface area contributed by atoms with E-state index in [0.29, 0.717) is 0 Å². The summed E-state index contributed by atoms with van der Waals surface area (Å²) in [6.07, 6.45) is 0.891. The van der Waals surface area contributed by atoms with Crippen molar-refractivity contribution in [3.05, 3.63) is 70.8 Å². The summed E-state index contributed by atoms with van der Waals surface area (Å²) in [5, 5.41) is 0. The van der Waals surface area contributed by atoms with E-state index < -0.39 is 17.3 Å². The van der Waals surface area contributed by atoms with Crippen LogP contribution in [0, 0.1) is 11.8 Å². The van der Waals surface area contributed by atoms with Crippen molar-refractivity contribution < 1.29 is 14.4 Å². The monoisotopic (exact) mass is 317 g/mol. The van der Waals surface area contributed by atoms with Crippen LogP contribution >= 0.6 is 0 Å². The topological polar surface area (TPSA) is 54.5 Å². The van der Waals surface area contributed by atoms with Crippen molar-refractivity contribution in [3.63, 3.8) is 0 Å². The summed E-state index contributed by atoms with van der Waals surface area (Å²) >= 11 is 0. The summed E-state index contributed by atoms with van der Waals surface area (Å²) in [7, 11) is 1.52. The molecule has 0 radical (unpaired) electrons.